The molecule has 2 N–H and O–H groups in total. The average Bonchev–Trinajstić information content (AvgIpc) is 1.98. The standard InChI is InChI=1S/C8H17NO2/c1-4-5-9-7(3)6(2)8(10)11/h6-7,9H,4-5H2,1-3H3,(H,10,11). The van der Waals surface area contributed by atoms with Gasteiger partial charge in [-0.3, -0.25) is 4.79 Å². The Bertz CT molecular complexity index is 125. The Morgan fingerprint density at radius 2 is 2.09 bits per heavy atom. The van der Waals surface area contributed by atoms with Gasteiger partial charge in [-0.15, -0.1) is 0 Å². The second-order valence-electron chi connectivity index (χ2n) is 2.87. The largest absolute Gasteiger partial charge is 0.481 e. The van der Waals surface area contributed by atoms with E-state index >= 15 is 0 Å². The van der Waals surface area contributed by atoms with Crippen LogP contribution in [0.25, 0.3) is 0 Å². The Kier molecular flexibility index (Phi) is 4.86. The highest BCUT2D eigenvalue weighted by atomic mass is 16.4. The van der Waals surface area contributed by atoms with E-state index in [-0.39, 0.29) is 12.0 Å². The van der Waals surface area contributed by atoms with Gasteiger partial charge >= 0.3 is 5.97 Å². The van der Waals surface area contributed by atoms with Gasteiger partial charge in [-0.2, -0.15) is 0 Å². The van der Waals surface area contributed by atoms with Gasteiger partial charge in [0.1, 0.15) is 0 Å². The van der Waals surface area contributed by atoms with Crippen LogP contribution in [0.15, 0.2) is 0 Å². The zero-order valence-electron chi connectivity index (χ0n) is 7.42. The maximum absolute atomic E-state index is 10.5. The molecule has 0 aromatic rings. The predicted molar refractivity (Wildman–Crippen MR) is 44.6 cm³/mol. The molecule has 3 nitrogen and oxygen atoms in total. The number of rotatable bonds is 5. The second kappa shape index (κ2) is 5.13. The Morgan fingerprint density at radius 3 is 2.45 bits per heavy atom. The Hall–Kier alpha value is -0.570. The van der Waals surface area contributed by atoms with E-state index in [0.29, 0.717) is 0 Å². The van der Waals surface area contributed by atoms with E-state index in [1.165, 1.54) is 0 Å². The molecule has 0 heterocycles. The van der Waals surface area contributed by atoms with E-state index in [1.54, 1.807) is 6.92 Å². The van der Waals surface area contributed by atoms with Crippen LogP contribution in [-0.4, -0.2) is 23.7 Å². The van der Waals surface area contributed by atoms with Crippen molar-refractivity contribution in [3.05, 3.63) is 0 Å². The average molecular weight is 159 g/mol. The van der Waals surface area contributed by atoms with E-state index in [0.717, 1.165) is 13.0 Å². The number of carboxylic acids is 1. The minimum atomic E-state index is -0.735. The third-order valence-electron chi connectivity index (χ3n) is 1.86. The zero-order chi connectivity index (χ0) is 8.85. The molecule has 0 rings (SSSR count). The van der Waals surface area contributed by atoms with Crippen molar-refractivity contribution in [2.45, 2.75) is 33.2 Å². The predicted octanol–water partition coefficient (Wildman–Crippen LogP) is 1.10. The van der Waals surface area contributed by atoms with Gasteiger partial charge in [-0.05, 0) is 19.9 Å². The van der Waals surface area contributed by atoms with Gasteiger partial charge in [-0.1, -0.05) is 13.8 Å². The molecule has 66 valence electrons. The zero-order valence-corrected chi connectivity index (χ0v) is 7.42. The maximum atomic E-state index is 10.5. The lowest BCUT2D eigenvalue weighted by Crippen LogP contribution is -2.36. The highest BCUT2D eigenvalue weighted by Gasteiger charge is 2.17. The van der Waals surface area contributed by atoms with Crippen molar-refractivity contribution >= 4 is 5.97 Å². The van der Waals surface area contributed by atoms with Gasteiger partial charge in [0.15, 0.2) is 0 Å². The van der Waals surface area contributed by atoms with Crippen LogP contribution in [0, 0.1) is 5.92 Å². The van der Waals surface area contributed by atoms with E-state index in [4.69, 9.17) is 5.11 Å². The molecule has 0 saturated heterocycles. The van der Waals surface area contributed by atoms with Crippen LogP contribution in [0.2, 0.25) is 0 Å². The first-order valence-corrected chi connectivity index (χ1v) is 4.05. The molecule has 0 bridgehead atoms. The molecule has 0 aliphatic carbocycles. The first-order valence-electron chi connectivity index (χ1n) is 4.05. The fraction of sp³-hybridized carbons (Fsp3) is 0.875. The highest BCUT2D eigenvalue weighted by molar-refractivity contribution is 5.70. The van der Waals surface area contributed by atoms with Crippen LogP contribution in [-0.2, 0) is 4.79 Å². The summed E-state index contributed by atoms with van der Waals surface area (Å²) in [6.07, 6.45) is 1.04. The number of hydrogen-bond donors (Lipinski definition) is 2. The van der Waals surface area contributed by atoms with Crippen LogP contribution in [0.5, 0.6) is 0 Å². The number of hydrogen-bond acceptors (Lipinski definition) is 2. The minimum absolute atomic E-state index is 0.0625. The quantitative estimate of drug-likeness (QED) is 0.631. The molecule has 0 fully saturated rings. The Balaban J connectivity index is 3.63. The summed E-state index contributed by atoms with van der Waals surface area (Å²) in [6, 6.07) is 0.0625. The fourth-order valence-corrected chi connectivity index (χ4v) is 0.763. The first kappa shape index (κ1) is 10.4. The molecule has 0 amide bonds. The van der Waals surface area contributed by atoms with Crippen molar-refractivity contribution < 1.29 is 9.90 Å². The van der Waals surface area contributed by atoms with Crippen LogP contribution in [0.4, 0.5) is 0 Å². The van der Waals surface area contributed by atoms with Gasteiger partial charge in [0.25, 0.3) is 0 Å². The molecule has 2 atom stereocenters. The van der Waals surface area contributed by atoms with Gasteiger partial charge in [-0.25, -0.2) is 0 Å². The van der Waals surface area contributed by atoms with Crippen molar-refractivity contribution in [2.24, 2.45) is 5.92 Å². The molecule has 0 radical (unpaired) electrons. The fourth-order valence-electron chi connectivity index (χ4n) is 0.763. The van der Waals surface area contributed by atoms with E-state index < -0.39 is 5.97 Å². The summed E-state index contributed by atoms with van der Waals surface area (Å²) < 4.78 is 0. The smallest absolute Gasteiger partial charge is 0.307 e. The van der Waals surface area contributed by atoms with Crippen LogP contribution in [0.1, 0.15) is 27.2 Å². The van der Waals surface area contributed by atoms with Gasteiger partial charge < -0.3 is 10.4 Å². The minimum Gasteiger partial charge on any atom is -0.481 e. The molecule has 0 aliphatic rings. The lowest BCUT2D eigenvalue weighted by molar-refractivity contribution is -0.141. The van der Waals surface area contributed by atoms with Crippen LogP contribution >= 0.6 is 0 Å². The SMILES string of the molecule is CCCNC(C)C(C)C(=O)O. The molecule has 11 heavy (non-hydrogen) atoms. The number of nitrogens with one attached hydrogen (secondary N) is 1. The van der Waals surface area contributed by atoms with E-state index in [2.05, 4.69) is 12.2 Å². The third-order valence-corrected chi connectivity index (χ3v) is 1.86. The summed E-state index contributed by atoms with van der Waals surface area (Å²) in [7, 11) is 0. The molecule has 0 aromatic heterocycles. The van der Waals surface area contributed by atoms with Gasteiger partial charge in [0.2, 0.25) is 0 Å². The van der Waals surface area contributed by atoms with E-state index in [1.807, 2.05) is 6.92 Å². The molecule has 0 aromatic carbocycles. The molecule has 2 unspecified atom stereocenters. The number of carbonyl (C=O) groups is 1. The highest BCUT2D eigenvalue weighted by Crippen LogP contribution is 2.01. The first-order chi connectivity index (χ1) is 5.09. The van der Waals surface area contributed by atoms with Crippen molar-refractivity contribution in [1.82, 2.24) is 5.32 Å². The number of carboxylic acid groups (broad SMARTS) is 1. The lowest BCUT2D eigenvalue weighted by Gasteiger charge is -2.16. The summed E-state index contributed by atoms with van der Waals surface area (Å²) in [4.78, 5) is 10.5. The second-order valence-corrected chi connectivity index (χ2v) is 2.87. The molecular formula is C8H17NO2. The molecule has 0 spiro atoms. The Labute approximate surface area is 67.8 Å². The maximum Gasteiger partial charge on any atom is 0.307 e. The molecular weight excluding hydrogens is 142 g/mol. The van der Waals surface area contributed by atoms with Crippen molar-refractivity contribution in [3.8, 4) is 0 Å². The van der Waals surface area contributed by atoms with Crippen molar-refractivity contribution in [3.63, 3.8) is 0 Å². The van der Waals surface area contributed by atoms with Crippen LogP contribution < -0.4 is 5.32 Å². The monoisotopic (exact) mass is 159 g/mol. The summed E-state index contributed by atoms with van der Waals surface area (Å²) in [5.41, 5.74) is 0. The molecule has 3 heteroatoms. The Morgan fingerprint density at radius 1 is 1.55 bits per heavy atom. The van der Waals surface area contributed by atoms with Gasteiger partial charge in [0.05, 0.1) is 5.92 Å². The normalized spacial score (nSPS) is 15.9. The number of aliphatic carboxylic acids is 1. The molecule has 0 aliphatic heterocycles. The summed E-state index contributed by atoms with van der Waals surface area (Å²) in [5, 5.41) is 11.7. The van der Waals surface area contributed by atoms with Crippen LogP contribution in [0.3, 0.4) is 0 Å². The van der Waals surface area contributed by atoms with Crippen molar-refractivity contribution in [1.29, 1.82) is 0 Å². The van der Waals surface area contributed by atoms with Crippen molar-refractivity contribution in [2.75, 3.05) is 6.54 Å². The third kappa shape index (κ3) is 3.98. The topological polar surface area (TPSA) is 49.3 Å². The van der Waals surface area contributed by atoms with Gasteiger partial charge in [0, 0.05) is 6.04 Å². The summed E-state index contributed by atoms with van der Waals surface area (Å²) in [5.74, 6) is -1.04. The van der Waals surface area contributed by atoms with E-state index in [9.17, 15) is 4.79 Å². The summed E-state index contributed by atoms with van der Waals surface area (Å²) >= 11 is 0. The lowest BCUT2D eigenvalue weighted by atomic mass is 10.0. The molecule has 0 saturated carbocycles. The summed E-state index contributed by atoms with van der Waals surface area (Å²) in [6.45, 7) is 6.56.